The average Bonchev–Trinajstić information content (AvgIpc) is 3.18. The molecule has 9 heteroatoms. The van der Waals surface area contributed by atoms with Crippen molar-refractivity contribution >= 4 is 17.3 Å². The minimum Gasteiger partial charge on any atom is -0.506 e. The molecule has 29 heavy (non-hydrogen) atoms. The molecule has 0 aliphatic carbocycles. The summed E-state index contributed by atoms with van der Waals surface area (Å²) in [6.07, 6.45) is 0. The van der Waals surface area contributed by atoms with Gasteiger partial charge in [0.15, 0.2) is 5.76 Å². The lowest BCUT2D eigenvalue weighted by molar-refractivity contribution is -0.384. The number of nitro benzene ring substituents is 1. The third-order valence-electron chi connectivity index (χ3n) is 3.84. The van der Waals surface area contributed by atoms with Crippen LogP contribution in [0, 0.1) is 10.1 Å². The molecule has 2 aromatic carbocycles. The molecule has 1 amide bonds. The van der Waals surface area contributed by atoms with Gasteiger partial charge in [-0.2, -0.15) is 0 Å². The van der Waals surface area contributed by atoms with Crippen LogP contribution >= 0.6 is 0 Å². The van der Waals surface area contributed by atoms with Gasteiger partial charge in [0.2, 0.25) is 0 Å². The van der Waals surface area contributed by atoms with Gasteiger partial charge in [-0.3, -0.25) is 14.9 Å². The maximum absolute atomic E-state index is 12.3. The number of carbonyl (C=O) groups excluding carboxylic acids is 1. The molecular formula is C20H18N2O7. The second kappa shape index (κ2) is 8.79. The fraction of sp³-hybridized carbons (Fsp3) is 0.150. The van der Waals surface area contributed by atoms with Gasteiger partial charge in [-0.05, 0) is 49.4 Å². The number of non-ortho nitro benzene ring substituents is 1. The normalized spacial score (nSPS) is 10.4. The largest absolute Gasteiger partial charge is 0.506 e. The number of rotatable bonds is 8. The predicted octanol–water partition coefficient (Wildman–Crippen LogP) is 4.12. The van der Waals surface area contributed by atoms with Crippen molar-refractivity contribution in [2.24, 2.45) is 0 Å². The molecule has 0 radical (unpaired) electrons. The van der Waals surface area contributed by atoms with Gasteiger partial charge in [-0.15, -0.1) is 0 Å². The molecule has 0 saturated carbocycles. The highest BCUT2D eigenvalue weighted by molar-refractivity contribution is 6.03. The Morgan fingerprint density at radius 1 is 1.10 bits per heavy atom. The van der Waals surface area contributed by atoms with E-state index in [1.165, 1.54) is 18.2 Å². The molecule has 2 N–H and O–H groups in total. The van der Waals surface area contributed by atoms with Crippen molar-refractivity contribution < 1.29 is 28.7 Å². The van der Waals surface area contributed by atoms with E-state index in [1.54, 1.807) is 30.3 Å². The summed E-state index contributed by atoms with van der Waals surface area (Å²) >= 11 is 0. The molecule has 0 bridgehead atoms. The van der Waals surface area contributed by atoms with Crippen LogP contribution in [-0.2, 0) is 6.61 Å². The summed E-state index contributed by atoms with van der Waals surface area (Å²) in [6.45, 7) is 2.59. The van der Waals surface area contributed by atoms with E-state index < -0.39 is 16.6 Å². The molecule has 0 aliphatic heterocycles. The zero-order valence-electron chi connectivity index (χ0n) is 15.5. The van der Waals surface area contributed by atoms with Gasteiger partial charge >= 0.3 is 0 Å². The molecule has 0 spiro atoms. The van der Waals surface area contributed by atoms with Crippen molar-refractivity contribution in [3.05, 3.63) is 76.2 Å². The first-order chi connectivity index (χ1) is 14.0. The lowest BCUT2D eigenvalue weighted by atomic mass is 10.2. The standard InChI is InChI=1S/C20H18N2O7/c1-2-27-14-4-6-15(7-5-14)28-12-16-8-10-19(29-16)20(24)21-17-9-3-13(22(25)26)11-18(17)23/h3-11,23H,2,12H2,1H3,(H,21,24). The monoisotopic (exact) mass is 398 g/mol. The first-order valence-electron chi connectivity index (χ1n) is 8.69. The van der Waals surface area contributed by atoms with E-state index in [0.29, 0.717) is 18.1 Å². The van der Waals surface area contributed by atoms with E-state index in [-0.39, 0.29) is 23.7 Å². The summed E-state index contributed by atoms with van der Waals surface area (Å²) in [5, 5.41) is 23.0. The number of amides is 1. The van der Waals surface area contributed by atoms with Crippen molar-refractivity contribution in [1.82, 2.24) is 0 Å². The summed E-state index contributed by atoms with van der Waals surface area (Å²) in [6, 6.07) is 13.5. The van der Waals surface area contributed by atoms with Crippen molar-refractivity contribution in [3.8, 4) is 17.2 Å². The highest BCUT2D eigenvalue weighted by Crippen LogP contribution is 2.28. The molecular weight excluding hydrogens is 380 g/mol. The Labute approximate surface area is 165 Å². The lowest BCUT2D eigenvalue weighted by Gasteiger charge is -2.07. The molecule has 0 saturated heterocycles. The van der Waals surface area contributed by atoms with Crippen molar-refractivity contribution in [2.45, 2.75) is 13.5 Å². The Morgan fingerprint density at radius 3 is 2.41 bits per heavy atom. The van der Waals surface area contributed by atoms with Crippen LogP contribution in [0.5, 0.6) is 17.2 Å². The number of furan rings is 1. The zero-order chi connectivity index (χ0) is 20.8. The number of phenolic OH excluding ortho intramolecular Hbond substituents is 1. The number of phenols is 1. The predicted molar refractivity (Wildman–Crippen MR) is 103 cm³/mol. The molecule has 9 nitrogen and oxygen atoms in total. The number of carbonyl (C=O) groups is 1. The van der Waals surface area contributed by atoms with Gasteiger partial charge in [0.25, 0.3) is 11.6 Å². The number of benzene rings is 2. The van der Waals surface area contributed by atoms with E-state index in [4.69, 9.17) is 13.9 Å². The maximum atomic E-state index is 12.3. The molecule has 150 valence electrons. The second-order valence-electron chi connectivity index (χ2n) is 5.87. The third kappa shape index (κ3) is 5.04. The fourth-order valence-corrected chi connectivity index (χ4v) is 2.45. The van der Waals surface area contributed by atoms with E-state index in [0.717, 1.165) is 11.8 Å². The Kier molecular flexibility index (Phi) is 5.98. The Balaban J connectivity index is 1.59. The number of nitro groups is 1. The first kappa shape index (κ1) is 19.7. The molecule has 1 aromatic heterocycles. The molecule has 3 rings (SSSR count). The third-order valence-corrected chi connectivity index (χ3v) is 3.84. The van der Waals surface area contributed by atoms with Gasteiger partial charge in [0, 0.05) is 6.07 Å². The van der Waals surface area contributed by atoms with Crippen LogP contribution in [0.1, 0.15) is 23.2 Å². The lowest BCUT2D eigenvalue weighted by Crippen LogP contribution is -2.11. The van der Waals surface area contributed by atoms with Gasteiger partial charge in [0.05, 0.1) is 23.3 Å². The van der Waals surface area contributed by atoms with E-state index >= 15 is 0 Å². The van der Waals surface area contributed by atoms with Crippen LogP contribution in [0.15, 0.2) is 59.0 Å². The molecule has 0 fully saturated rings. The Morgan fingerprint density at radius 2 is 1.79 bits per heavy atom. The molecule has 3 aromatic rings. The van der Waals surface area contributed by atoms with Crippen LogP contribution in [0.4, 0.5) is 11.4 Å². The van der Waals surface area contributed by atoms with Gasteiger partial charge in [-0.25, -0.2) is 0 Å². The smallest absolute Gasteiger partial charge is 0.291 e. The average molecular weight is 398 g/mol. The zero-order valence-corrected chi connectivity index (χ0v) is 15.5. The fourth-order valence-electron chi connectivity index (χ4n) is 2.45. The minimum atomic E-state index is -0.644. The minimum absolute atomic E-state index is 0.00745. The van der Waals surface area contributed by atoms with Crippen molar-refractivity contribution in [2.75, 3.05) is 11.9 Å². The van der Waals surface area contributed by atoms with Crippen LogP contribution in [0.2, 0.25) is 0 Å². The molecule has 0 unspecified atom stereocenters. The maximum Gasteiger partial charge on any atom is 0.291 e. The van der Waals surface area contributed by atoms with E-state index in [1.807, 2.05) is 6.92 Å². The highest BCUT2D eigenvalue weighted by atomic mass is 16.6. The van der Waals surface area contributed by atoms with E-state index in [9.17, 15) is 20.0 Å². The van der Waals surface area contributed by atoms with Gasteiger partial charge in [-0.1, -0.05) is 0 Å². The Hall–Kier alpha value is -4.01. The van der Waals surface area contributed by atoms with Crippen molar-refractivity contribution in [3.63, 3.8) is 0 Å². The van der Waals surface area contributed by atoms with Crippen LogP contribution in [0.3, 0.4) is 0 Å². The summed E-state index contributed by atoms with van der Waals surface area (Å²) in [5.74, 6) is 0.766. The number of hydrogen-bond acceptors (Lipinski definition) is 7. The summed E-state index contributed by atoms with van der Waals surface area (Å²) in [7, 11) is 0. The number of ether oxygens (including phenoxy) is 2. The molecule has 0 aliphatic rings. The molecule has 1 heterocycles. The van der Waals surface area contributed by atoms with Gasteiger partial charge in [0.1, 0.15) is 29.6 Å². The van der Waals surface area contributed by atoms with E-state index in [2.05, 4.69) is 5.32 Å². The summed E-state index contributed by atoms with van der Waals surface area (Å²) in [5.41, 5.74) is -0.253. The quantitative estimate of drug-likeness (QED) is 0.332. The Bertz CT molecular complexity index is 1010. The number of aromatic hydroxyl groups is 1. The summed E-state index contributed by atoms with van der Waals surface area (Å²) < 4.78 is 16.4. The van der Waals surface area contributed by atoms with Crippen LogP contribution in [-0.4, -0.2) is 22.5 Å². The van der Waals surface area contributed by atoms with Crippen LogP contribution < -0.4 is 14.8 Å². The number of hydrogen-bond donors (Lipinski definition) is 2. The number of anilines is 1. The first-order valence-corrected chi connectivity index (χ1v) is 8.69. The van der Waals surface area contributed by atoms with Crippen molar-refractivity contribution in [1.29, 1.82) is 0 Å². The topological polar surface area (TPSA) is 124 Å². The summed E-state index contributed by atoms with van der Waals surface area (Å²) in [4.78, 5) is 22.3. The molecule has 0 atom stereocenters. The second-order valence-corrected chi connectivity index (χ2v) is 5.87. The highest BCUT2D eigenvalue weighted by Gasteiger charge is 2.16. The number of nitrogens with one attached hydrogen (secondary N) is 1. The number of nitrogens with zero attached hydrogens (tertiary/aromatic N) is 1. The SMILES string of the molecule is CCOc1ccc(OCc2ccc(C(=O)Nc3ccc([N+](=O)[O-])cc3O)o2)cc1. The van der Waals surface area contributed by atoms with Crippen LogP contribution in [0.25, 0.3) is 0 Å². The van der Waals surface area contributed by atoms with Gasteiger partial charge < -0.3 is 24.3 Å².